The Labute approximate surface area is 326 Å². The number of nitrogens with zero attached hydrogens (tertiary/aromatic N) is 8. The van der Waals surface area contributed by atoms with Gasteiger partial charge in [0.2, 0.25) is 23.3 Å². The van der Waals surface area contributed by atoms with Gasteiger partial charge in [-0.05, 0) is 95.4 Å². The normalized spacial score (nSPS) is 15.9. The fourth-order valence-corrected chi connectivity index (χ4v) is 5.31. The summed E-state index contributed by atoms with van der Waals surface area (Å²) in [4.78, 5) is 33.8. The van der Waals surface area contributed by atoms with Gasteiger partial charge in [0.15, 0.2) is 30.5 Å². The van der Waals surface area contributed by atoms with Crippen LogP contribution in [0, 0.1) is 20.8 Å². The fraction of sp³-hybridized carbons (Fsp3) is 0.150. The van der Waals surface area contributed by atoms with Crippen molar-refractivity contribution in [2.24, 2.45) is 25.3 Å². The first-order valence-electron chi connectivity index (χ1n) is 17.2. The molecule has 0 radical (unpaired) electrons. The SMILES string of the molecule is CC(O)C(=O)O.CC1=C([n+]2cccc(C)c2)C(=O)N=C(O)C1=NN=C1C=CC(=NC(O)=C2C=CC(=NNc3c(O)nc([O-])c(-[n+]4cccc(C)c4)c3C)C=C2)C=C1. The van der Waals surface area contributed by atoms with E-state index in [2.05, 4.69) is 35.7 Å². The summed E-state index contributed by atoms with van der Waals surface area (Å²) in [6.07, 6.45) is 18.9. The first kappa shape index (κ1) is 40.5. The van der Waals surface area contributed by atoms with E-state index in [4.69, 9.17) is 10.2 Å². The number of allylic oxidation sites excluding steroid dienone is 9. The van der Waals surface area contributed by atoms with E-state index in [1.54, 1.807) is 102 Å². The van der Waals surface area contributed by atoms with Crippen LogP contribution in [0.5, 0.6) is 11.8 Å². The molecular weight excluding hydrogens is 734 g/mol. The van der Waals surface area contributed by atoms with Crippen molar-refractivity contribution in [3.8, 4) is 17.4 Å². The van der Waals surface area contributed by atoms with Gasteiger partial charge in [-0.25, -0.2) is 14.8 Å². The molecule has 6 N–H and O–H groups in total. The van der Waals surface area contributed by atoms with Crippen molar-refractivity contribution in [2.75, 3.05) is 5.43 Å². The zero-order valence-electron chi connectivity index (χ0n) is 31.4. The number of aliphatic hydroxyl groups is 3. The maximum Gasteiger partial charge on any atom is 0.345 e. The number of hydrogen-bond donors (Lipinski definition) is 6. The molecule has 17 heteroatoms. The van der Waals surface area contributed by atoms with E-state index in [1.165, 1.54) is 6.92 Å². The molecule has 0 saturated carbocycles. The molecule has 1 aliphatic heterocycles. The molecule has 0 aromatic carbocycles. The summed E-state index contributed by atoms with van der Waals surface area (Å²) in [7, 11) is 0. The lowest BCUT2D eigenvalue weighted by molar-refractivity contribution is -0.601. The number of carbonyl (C=O) groups excluding carboxylic acids is 1. The van der Waals surface area contributed by atoms with Crippen molar-refractivity contribution in [1.29, 1.82) is 0 Å². The van der Waals surface area contributed by atoms with Crippen molar-refractivity contribution in [3.05, 3.63) is 131 Å². The maximum atomic E-state index is 12.6. The van der Waals surface area contributed by atoms with Gasteiger partial charge in [0.25, 0.3) is 5.70 Å². The minimum absolute atomic E-state index is 0.0682. The molecule has 4 heterocycles. The second-order valence-corrected chi connectivity index (χ2v) is 12.7. The van der Waals surface area contributed by atoms with Gasteiger partial charge in [0.05, 0.1) is 34.2 Å². The number of amides is 1. The summed E-state index contributed by atoms with van der Waals surface area (Å²) >= 11 is 0. The van der Waals surface area contributed by atoms with Crippen LogP contribution in [-0.2, 0) is 9.59 Å². The van der Waals surface area contributed by atoms with E-state index >= 15 is 0 Å². The number of hydrogen-bond acceptors (Lipinski definition) is 12. The number of nitrogens with one attached hydrogen (secondary N) is 1. The van der Waals surface area contributed by atoms with Gasteiger partial charge in [-0.15, -0.1) is 5.10 Å². The highest BCUT2D eigenvalue weighted by Gasteiger charge is 2.33. The van der Waals surface area contributed by atoms with Gasteiger partial charge in [0, 0.05) is 28.8 Å². The third-order valence-electron chi connectivity index (χ3n) is 8.24. The van der Waals surface area contributed by atoms with Crippen LogP contribution < -0.4 is 19.7 Å². The molecule has 290 valence electrons. The highest BCUT2D eigenvalue weighted by atomic mass is 16.4. The molecule has 0 bridgehead atoms. The van der Waals surface area contributed by atoms with Crippen LogP contribution in [-0.4, -0.2) is 77.2 Å². The van der Waals surface area contributed by atoms with E-state index in [-0.39, 0.29) is 28.7 Å². The van der Waals surface area contributed by atoms with Crippen molar-refractivity contribution in [2.45, 2.75) is 40.7 Å². The Morgan fingerprint density at radius 2 is 1.40 bits per heavy atom. The Morgan fingerprint density at radius 3 is 2.00 bits per heavy atom. The average Bonchev–Trinajstić information content (AvgIpc) is 3.15. The Kier molecular flexibility index (Phi) is 12.5. The molecule has 1 unspecified atom stereocenters. The van der Waals surface area contributed by atoms with Crippen LogP contribution in [0.4, 0.5) is 5.69 Å². The summed E-state index contributed by atoms with van der Waals surface area (Å²) < 4.78 is 3.29. The molecule has 6 rings (SSSR count). The molecule has 3 aliphatic rings. The Bertz CT molecular complexity index is 2460. The molecule has 3 aromatic rings. The first-order valence-corrected chi connectivity index (χ1v) is 17.2. The molecule has 1 amide bonds. The predicted octanol–water partition coefficient (Wildman–Crippen LogP) is 3.26. The molecule has 17 nitrogen and oxygen atoms in total. The predicted molar refractivity (Wildman–Crippen MR) is 211 cm³/mol. The largest absolute Gasteiger partial charge is 0.854 e. The number of aliphatic hydroxyl groups excluding tert-OH is 3. The van der Waals surface area contributed by atoms with Crippen LogP contribution in [0.25, 0.3) is 11.4 Å². The number of hydrazone groups is 1. The number of aromatic hydroxyl groups is 1. The molecule has 0 saturated heterocycles. The van der Waals surface area contributed by atoms with Crippen LogP contribution in [0.2, 0.25) is 0 Å². The lowest BCUT2D eigenvalue weighted by Crippen LogP contribution is -2.40. The number of pyridine rings is 3. The van der Waals surface area contributed by atoms with E-state index in [0.717, 1.165) is 11.1 Å². The highest BCUT2D eigenvalue weighted by molar-refractivity contribution is 6.51. The van der Waals surface area contributed by atoms with Gasteiger partial charge in [-0.1, -0.05) is 0 Å². The monoisotopic (exact) mass is 772 g/mol. The molecule has 0 spiro atoms. The number of aliphatic imine (C=N–C) groups is 2. The second kappa shape index (κ2) is 17.7. The van der Waals surface area contributed by atoms with Crippen LogP contribution in [0.3, 0.4) is 0 Å². The number of aromatic nitrogens is 3. The number of aryl methyl sites for hydroxylation is 2. The summed E-state index contributed by atoms with van der Waals surface area (Å²) in [5.74, 6) is -3.58. The van der Waals surface area contributed by atoms with Gasteiger partial charge >= 0.3 is 11.9 Å². The molecule has 2 aliphatic carbocycles. The Hall–Kier alpha value is -7.66. The Morgan fingerprint density at radius 1 is 0.842 bits per heavy atom. The number of aliphatic carboxylic acids is 1. The number of dihydropyridines is 1. The standard InChI is InChI=1S/C37H31N9O5.C3H6O3/c1-21-7-5-17-45(19-21)31-23(3)29(34(48)39-36(31)50)43-41-27-11-9-25(10-12-27)33(47)38-26-13-15-28(16-14-26)42-44-30-24(4)32(37(51)40-35(30)49)46-18-6-8-22(2)20-46;1-2(4)3(5)6/h5-20H,1-4H3,(H3-2,38,39,40,41,42,43,44,47,48,49,50,51);2,4H,1H3,(H,5,6)/p+1. The maximum absolute atomic E-state index is 12.6. The zero-order valence-corrected chi connectivity index (χ0v) is 31.4. The van der Waals surface area contributed by atoms with Crippen LogP contribution in [0.15, 0.2) is 140 Å². The van der Waals surface area contributed by atoms with Crippen molar-refractivity contribution in [1.82, 2.24) is 4.98 Å². The van der Waals surface area contributed by atoms with Crippen LogP contribution >= 0.6 is 0 Å². The third-order valence-corrected chi connectivity index (χ3v) is 8.24. The topological polar surface area (TPSA) is 253 Å². The van der Waals surface area contributed by atoms with E-state index in [9.17, 15) is 30.0 Å². The first-order chi connectivity index (χ1) is 27.1. The van der Waals surface area contributed by atoms with Gasteiger partial charge in [-0.3, -0.25) is 10.2 Å². The van der Waals surface area contributed by atoms with E-state index in [1.807, 2.05) is 32.0 Å². The van der Waals surface area contributed by atoms with Gasteiger partial charge in [-0.2, -0.15) is 24.3 Å². The molecule has 0 fully saturated rings. The highest BCUT2D eigenvalue weighted by Crippen LogP contribution is 2.32. The van der Waals surface area contributed by atoms with Crippen molar-refractivity contribution >= 4 is 52.0 Å². The quantitative estimate of drug-likeness (QED) is 0.0885. The molecule has 3 aromatic heterocycles. The lowest BCUT2D eigenvalue weighted by Gasteiger charge is -2.15. The summed E-state index contributed by atoms with van der Waals surface area (Å²) in [6.45, 7) is 8.36. The minimum Gasteiger partial charge on any atom is -0.854 e. The van der Waals surface area contributed by atoms with Gasteiger partial charge < -0.3 is 30.6 Å². The molecular formula is C40H38N9O8+. The number of carbonyl (C=O) groups is 2. The molecule has 1 atom stereocenters. The van der Waals surface area contributed by atoms with Crippen molar-refractivity contribution in [3.63, 3.8) is 0 Å². The average molecular weight is 773 g/mol. The second-order valence-electron chi connectivity index (χ2n) is 12.7. The summed E-state index contributed by atoms with van der Waals surface area (Å²) in [5.41, 5.74) is 8.16. The zero-order chi connectivity index (χ0) is 41.4. The minimum atomic E-state index is -1.23. The third kappa shape index (κ3) is 9.91. The van der Waals surface area contributed by atoms with E-state index in [0.29, 0.717) is 33.8 Å². The summed E-state index contributed by atoms with van der Waals surface area (Å²) in [6, 6.07) is 7.42. The van der Waals surface area contributed by atoms with Crippen LogP contribution in [0.1, 0.15) is 30.5 Å². The number of carboxylic acids is 1. The number of anilines is 1. The number of carboxylic acid groups (broad SMARTS) is 1. The fourth-order valence-electron chi connectivity index (χ4n) is 5.31. The van der Waals surface area contributed by atoms with Gasteiger partial charge in [0.1, 0.15) is 11.8 Å². The summed E-state index contributed by atoms with van der Waals surface area (Å²) in [5, 5.41) is 72.5. The van der Waals surface area contributed by atoms with E-state index < -0.39 is 35.6 Å². The van der Waals surface area contributed by atoms with Crippen molar-refractivity contribution < 1.29 is 49.4 Å². The lowest BCUT2D eigenvalue weighted by atomic mass is 10.1. The molecule has 57 heavy (non-hydrogen) atoms. The smallest absolute Gasteiger partial charge is 0.345 e. The number of rotatable bonds is 7. The Balaban J connectivity index is 0.000000959.